The maximum Gasteiger partial charge on any atom is 0.243 e. The predicted molar refractivity (Wildman–Crippen MR) is 109 cm³/mol. The van der Waals surface area contributed by atoms with Gasteiger partial charge in [-0.05, 0) is 54.3 Å². The standard InChI is InChI=1S/C21H24N2O5S/c1-14(2)21(24)22-17-4-6-18(7-5-17)29(25,26)23-10-9-16(12-23)15-3-8-19-20(11-15)28-13-27-19/h3-8,11,14,16H,9-10,12-13H2,1-2H3,(H,22,24). The van der Waals surface area contributed by atoms with Crippen molar-refractivity contribution in [2.75, 3.05) is 25.2 Å². The molecule has 7 nitrogen and oxygen atoms in total. The Kier molecular flexibility index (Phi) is 5.23. The summed E-state index contributed by atoms with van der Waals surface area (Å²) in [5.41, 5.74) is 1.64. The molecule has 0 bridgehead atoms. The molecule has 154 valence electrons. The highest BCUT2D eigenvalue weighted by molar-refractivity contribution is 7.89. The van der Waals surface area contributed by atoms with E-state index >= 15 is 0 Å². The molecule has 0 aromatic heterocycles. The number of fused-ring (bicyclic) bond motifs is 1. The smallest absolute Gasteiger partial charge is 0.243 e. The zero-order chi connectivity index (χ0) is 20.6. The summed E-state index contributed by atoms with van der Waals surface area (Å²) in [5, 5.41) is 2.77. The predicted octanol–water partition coefficient (Wildman–Crippen LogP) is 3.19. The summed E-state index contributed by atoms with van der Waals surface area (Å²) in [6.45, 7) is 4.72. The van der Waals surface area contributed by atoms with Gasteiger partial charge in [0.15, 0.2) is 11.5 Å². The molecule has 4 rings (SSSR count). The highest BCUT2D eigenvalue weighted by Gasteiger charge is 2.33. The van der Waals surface area contributed by atoms with E-state index in [4.69, 9.17) is 9.47 Å². The number of nitrogens with one attached hydrogen (secondary N) is 1. The average molecular weight is 416 g/mol. The van der Waals surface area contributed by atoms with Crippen molar-refractivity contribution in [1.82, 2.24) is 4.31 Å². The molecule has 0 aliphatic carbocycles. The number of amides is 1. The molecule has 29 heavy (non-hydrogen) atoms. The summed E-state index contributed by atoms with van der Waals surface area (Å²) in [4.78, 5) is 12.0. The number of anilines is 1. The van der Waals surface area contributed by atoms with Crippen LogP contribution in [-0.4, -0.2) is 38.5 Å². The number of hydrogen-bond donors (Lipinski definition) is 1. The van der Waals surface area contributed by atoms with Crippen LogP contribution in [0.2, 0.25) is 0 Å². The minimum atomic E-state index is -3.59. The van der Waals surface area contributed by atoms with Crippen LogP contribution in [0.4, 0.5) is 5.69 Å². The van der Waals surface area contributed by atoms with Crippen molar-refractivity contribution in [3.8, 4) is 11.5 Å². The van der Waals surface area contributed by atoms with Crippen molar-refractivity contribution in [2.45, 2.75) is 31.1 Å². The minimum absolute atomic E-state index is 0.105. The molecule has 0 radical (unpaired) electrons. The molecule has 2 aromatic rings. The van der Waals surface area contributed by atoms with Gasteiger partial charge in [-0.25, -0.2) is 8.42 Å². The molecule has 0 saturated carbocycles. The first-order chi connectivity index (χ1) is 13.8. The lowest BCUT2D eigenvalue weighted by Gasteiger charge is -2.17. The molecule has 1 amide bonds. The van der Waals surface area contributed by atoms with Crippen LogP contribution >= 0.6 is 0 Å². The van der Waals surface area contributed by atoms with Gasteiger partial charge in [0.05, 0.1) is 4.90 Å². The molecule has 8 heteroatoms. The number of carbonyl (C=O) groups is 1. The molecule has 1 unspecified atom stereocenters. The van der Waals surface area contributed by atoms with Crippen LogP contribution in [-0.2, 0) is 14.8 Å². The first-order valence-corrected chi connectivity index (χ1v) is 11.1. The third-order valence-electron chi connectivity index (χ3n) is 5.30. The Labute approximate surface area is 170 Å². The second-order valence-electron chi connectivity index (χ2n) is 7.63. The van der Waals surface area contributed by atoms with Crippen LogP contribution in [0.25, 0.3) is 0 Å². The van der Waals surface area contributed by atoms with E-state index in [2.05, 4.69) is 5.32 Å². The lowest BCUT2D eigenvalue weighted by Crippen LogP contribution is -2.28. The zero-order valence-corrected chi connectivity index (χ0v) is 17.2. The lowest BCUT2D eigenvalue weighted by molar-refractivity contribution is -0.118. The summed E-state index contributed by atoms with van der Waals surface area (Å²) >= 11 is 0. The van der Waals surface area contributed by atoms with Crippen molar-refractivity contribution in [1.29, 1.82) is 0 Å². The van der Waals surface area contributed by atoms with Gasteiger partial charge in [0, 0.05) is 24.7 Å². The van der Waals surface area contributed by atoms with Gasteiger partial charge in [-0.2, -0.15) is 4.31 Å². The molecule has 0 spiro atoms. The number of nitrogens with zero attached hydrogens (tertiary/aromatic N) is 1. The van der Waals surface area contributed by atoms with Crippen molar-refractivity contribution < 1.29 is 22.7 Å². The zero-order valence-electron chi connectivity index (χ0n) is 16.4. The van der Waals surface area contributed by atoms with Crippen LogP contribution in [0.5, 0.6) is 11.5 Å². The van der Waals surface area contributed by atoms with Crippen LogP contribution in [0.1, 0.15) is 31.7 Å². The van der Waals surface area contributed by atoms with Gasteiger partial charge in [-0.3, -0.25) is 4.79 Å². The van der Waals surface area contributed by atoms with E-state index in [1.807, 2.05) is 18.2 Å². The van der Waals surface area contributed by atoms with Gasteiger partial charge >= 0.3 is 0 Å². The Balaban J connectivity index is 1.46. The number of ether oxygens (including phenoxy) is 2. The monoisotopic (exact) mass is 416 g/mol. The van der Waals surface area contributed by atoms with E-state index in [1.165, 1.54) is 4.31 Å². The molecule has 1 atom stereocenters. The van der Waals surface area contributed by atoms with Crippen molar-refractivity contribution in [3.63, 3.8) is 0 Å². The molecular formula is C21H24N2O5S. The average Bonchev–Trinajstić information content (AvgIpc) is 3.37. The summed E-state index contributed by atoms with van der Waals surface area (Å²) in [6, 6.07) is 12.1. The van der Waals surface area contributed by atoms with Gasteiger partial charge in [0.25, 0.3) is 0 Å². The molecule has 1 saturated heterocycles. The van der Waals surface area contributed by atoms with Crippen LogP contribution in [0.3, 0.4) is 0 Å². The second kappa shape index (κ2) is 7.68. The Hall–Kier alpha value is -2.58. The summed E-state index contributed by atoms with van der Waals surface area (Å²) < 4.78 is 38.4. The Bertz CT molecular complexity index is 1020. The van der Waals surface area contributed by atoms with Crippen molar-refractivity contribution in [3.05, 3.63) is 48.0 Å². The third-order valence-corrected chi connectivity index (χ3v) is 7.18. The number of hydrogen-bond acceptors (Lipinski definition) is 5. The number of sulfonamides is 1. The first kappa shape index (κ1) is 19.7. The highest BCUT2D eigenvalue weighted by atomic mass is 32.2. The van der Waals surface area contributed by atoms with Gasteiger partial charge in [-0.15, -0.1) is 0 Å². The van der Waals surface area contributed by atoms with E-state index in [-0.39, 0.29) is 29.4 Å². The molecule has 2 heterocycles. The molecule has 2 aliphatic heterocycles. The highest BCUT2D eigenvalue weighted by Crippen LogP contribution is 2.38. The second-order valence-corrected chi connectivity index (χ2v) is 9.57. The van der Waals surface area contributed by atoms with Crippen LogP contribution in [0.15, 0.2) is 47.4 Å². The SMILES string of the molecule is CC(C)C(=O)Nc1ccc(S(=O)(=O)N2CCC(c3ccc4c(c3)OCO4)C2)cc1. The maximum absolute atomic E-state index is 13.0. The quantitative estimate of drug-likeness (QED) is 0.809. The van der Waals surface area contributed by atoms with Crippen LogP contribution in [0, 0.1) is 5.92 Å². The molecule has 1 fully saturated rings. The maximum atomic E-state index is 13.0. The van der Waals surface area contributed by atoms with E-state index in [1.54, 1.807) is 38.1 Å². The Morgan fingerprint density at radius 3 is 2.55 bits per heavy atom. The van der Waals surface area contributed by atoms with Gasteiger partial charge in [0.1, 0.15) is 0 Å². The fraction of sp³-hybridized carbons (Fsp3) is 0.381. The van der Waals surface area contributed by atoms with E-state index in [0.717, 1.165) is 17.7 Å². The van der Waals surface area contributed by atoms with E-state index in [9.17, 15) is 13.2 Å². The Morgan fingerprint density at radius 1 is 1.10 bits per heavy atom. The van der Waals surface area contributed by atoms with E-state index < -0.39 is 10.0 Å². The van der Waals surface area contributed by atoms with Gasteiger partial charge in [-0.1, -0.05) is 19.9 Å². The topological polar surface area (TPSA) is 84.9 Å². The molecule has 2 aliphatic rings. The van der Waals surface area contributed by atoms with Crippen molar-refractivity contribution in [2.24, 2.45) is 5.92 Å². The lowest BCUT2D eigenvalue weighted by atomic mass is 9.98. The number of benzene rings is 2. The van der Waals surface area contributed by atoms with Gasteiger partial charge < -0.3 is 14.8 Å². The summed E-state index contributed by atoms with van der Waals surface area (Å²) in [5.74, 6) is 1.30. The summed E-state index contributed by atoms with van der Waals surface area (Å²) in [7, 11) is -3.59. The first-order valence-electron chi connectivity index (χ1n) is 9.65. The fourth-order valence-corrected chi connectivity index (χ4v) is 5.03. The normalized spacial score (nSPS) is 18.9. The van der Waals surface area contributed by atoms with Gasteiger partial charge in [0.2, 0.25) is 22.7 Å². The molecular weight excluding hydrogens is 392 g/mol. The van der Waals surface area contributed by atoms with Crippen LogP contribution < -0.4 is 14.8 Å². The van der Waals surface area contributed by atoms with E-state index in [0.29, 0.717) is 24.5 Å². The molecule has 1 N–H and O–H groups in total. The fourth-order valence-electron chi connectivity index (χ4n) is 3.53. The Morgan fingerprint density at radius 2 is 1.83 bits per heavy atom. The third kappa shape index (κ3) is 3.95. The summed E-state index contributed by atoms with van der Waals surface area (Å²) in [6.07, 6.45) is 0.751. The van der Waals surface area contributed by atoms with Crippen molar-refractivity contribution >= 4 is 21.6 Å². The minimum Gasteiger partial charge on any atom is -0.454 e. The largest absolute Gasteiger partial charge is 0.454 e. The number of carbonyl (C=O) groups excluding carboxylic acids is 1. The number of rotatable bonds is 5. The molecule has 2 aromatic carbocycles.